The van der Waals surface area contributed by atoms with Crippen molar-refractivity contribution in [2.45, 2.75) is 25.6 Å². The van der Waals surface area contributed by atoms with E-state index in [4.69, 9.17) is 4.74 Å². The van der Waals surface area contributed by atoms with Crippen molar-refractivity contribution in [3.8, 4) is 11.3 Å². The molecule has 2 aliphatic rings. The van der Waals surface area contributed by atoms with E-state index in [1.54, 1.807) is 16.7 Å². The van der Waals surface area contributed by atoms with Gasteiger partial charge in [0, 0.05) is 56.1 Å². The standard InChI is InChI=1S/C28H30F2N4O3/c1-19-26(23-17-22(29)8-9-24(23)30)34(15-16-37-19)28(36)33-13-11-32(12-14-33)18-21-7-10-25(31-27(21)35)20-5-3-2-4-6-20/h2-10,17,19,26H,11-16,18H2,1H3,(H,31,35)/t19-,26+/m0/s1. The summed E-state index contributed by atoms with van der Waals surface area (Å²) in [6, 6.07) is 15.8. The number of halogens is 2. The third-order valence-corrected chi connectivity index (χ3v) is 7.13. The van der Waals surface area contributed by atoms with Gasteiger partial charge in [-0.05, 0) is 36.8 Å². The van der Waals surface area contributed by atoms with Crippen LogP contribution in [0.5, 0.6) is 0 Å². The van der Waals surface area contributed by atoms with Gasteiger partial charge in [0.15, 0.2) is 0 Å². The number of hydrogen-bond acceptors (Lipinski definition) is 4. The molecule has 2 aromatic carbocycles. The quantitative estimate of drug-likeness (QED) is 0.578. The SMILES string of the molecule is C[C@@H]1OCCN(C(=O)N2CCN(Cc3ccc(-c4ccccc4)[nH]c3=O)CC2)[C@H]1c1cc(F)ccc1F. The highest BCUT2D eigenvalue weighted by molar-refractivity contribution is 5.75. The van der Waals surface area contributed by atoms with E-state index in [1.165, 1.54) is 0 Å². The fourth-order valence-corrected chi connectivity index (χ4v) is 5.13. The number of carbonyl (C=O) groups is 1. The minimum Gasteiger partial charge on any atom is -0.374 e. The monoisotopic (exact) mass is 508 g/mol. The highest BCUT2D eigenvalue weighted by Crippen LogP contribution is 2.32. The lowest BCUT2D eigenvalue weighted by molar-refractivity contribution is -0.0530. The van der Waals surface area contributed by atoms with Crippen molar-refractivity contribution < 1.29 is 18.3 Å². The van der Waals surface area contributed by atoms with E-state index in [0.717, 1.165) is 29.5 Å². The molecule has 194 valence electrons. The van der Waals surface area contributed by atoms with Gasteiger partial charge in [-0.3, -0.25) is 9.69 Å². The third kappa shape index (κ3) is 5.42. The van der Waals surface area contributed by atoms with Crippen molar-refractivity contribution in [2.24, 2.45) is 0 Å². The zero-order valence-electron chi connectivity index (χ0n) is 20.7. The number of piperazine rings is 1. The predicted octanol–water partition coefficient (Wildman–Crippen LogP) is 4.02. The molecule has 2 saturated heterocycles. The van der Waals surface area contributed by atoms with Gasteiger partial charge >= 0.3 is 6.03 Å². The molecule has 2 atom stereocenters. The first kappa shape index (κ1) is 25.1. The molecule has 1 aromatic heterocycles. The second kappa shape index (κ2) is 10.8. The maximum atomic E-state index is 14.6. The number of nitrogens with zero attached hydrogens (tertiary/aromatic N) is 3. The first-order valence-corrected chi connectivity index (χ1v) is 12.5. The molecule has 5 rings (SSSR count). The Morgan fingerprint density at radius 2 is 1.76 bits per heavy atom. The van der Waals surface area contributed by atoms with Crippen LogP contribution in [0.3, 0.4) is 0 Å². The van der Waals surface area contributed by atoms with Crippen LogP contribution in [0, 0.1) is 11.6 Å². The van der Waals surface area contributed by atoms with Crippen LogP contribution in [-0.2, 0) is 11.3 Å². The first-order chi connectivity index (χ1) is 17.9. The summed E-state index contributed by atoms with van der Waals surface area (Å²) in [4.78, 5) is 34.6. The largest absolute Gasteiger partial charge is 0.374 e. The zero-order chi connectivity index (χ0) is 25.9. The first-order valence-electron chi connectivity index (χ1n) is 12.5. The molecular weight excluding hydrogens is 478 g/mol. The third-order valence-electron chi connectivity index (χ3n) is 7.13. The van der Waals surface area contributed by atoms with Crippen molar-refractivity contribution in [2.75, 3.05) is 39.3 Å². The van der Waals surface area contributed by atoms with Crippen LogP contribution in [0.2, 0.25) is 0 Å². The van der Waals surface area contributed by atoms with Gasteiger partial charge in [0.25, 0.3) is 5.56 Å². The number of amides is 2. The second-order valence-electron chi connectivity index (χ2n) is 9.52. The highest BCUT2D eigenvalue weighted by atomic mass is 19.1. The Labute approximate surface area is 214 Å². The number of aromatic nitrogens is 1. The van der Waals surface area contributed by atoms with Gasteiger partial charge in [0.2, 0.25) is 0 Å². The van der Waals surface area contributed by atoms with Crippen LogP contribution in [0.15, 0.2) is 65.5 Å². The summed E-state index contributed by atoms with van der Waals surface area (Å²) in [6.07, 6.45) is -0.471. The van der Waals surface area contributed by atoms with E-state index in [-0.39, 0.29) is 17.2 Å². The Bertz CT molecular complexity index is 1310. The lowest BCUT2D eigenvalue weighted by Gasteiger charge is -2.44. The molecule has 0 spiro atoms. The number of pyridine rings is 1. The van der Waals surface area contributed by atoms with E-state index in [2.05, 4.69) is 9.88 Å². The number of carbonyl (C=O) groups excluding carboxylic acids is 1. The Balaban J connectivity index is 1.23. The molecule has 37 heavy (non-hydrogen) atoms. The summed E-state index contributed by atoms with van der Waals surface area (Å²) < 4.78 is 34.2. The van der Waals surface area contributed by atoms with Gasteiger partial charge in [0.05, 0.1) is 18.8 Å². The maximum absolute atomic E-state index is 14.6. The lowest BCUT2D eigenvalue weighted by atomic mass is 9.98. The normalized spacial score (nSPS) is 20.7. The molecule has 0 saturated carbocycles. The van der Waals surface area contributed by atoms with E-state index < -0.39 is 23.8 Å². The Hall–Kier alpha value is -3.56. The number of nitrogens with one attached hydrogen (secondary N) is 1. The molecule has 7 nitrogen and oxygen atoms in total. The maximum Gasteiger partial charge on any atom is 0.320 e. The minimum atomic E-state index is -0.711. The number of H-pyrrole nitrogens is 1. The molecule has 0 bridgehead atoms. The van der Waals surface area contributed by atoms with E-state index in [1.807, 2.05) is 42.5 Å². The molecule has 0 radical (unpaired) electrons. The Morgan fingerprint density at radius 3 is 2.49 bits per heavy atom. The van der Waals surface area contributed by atoms with Gasteiger partial charge in [-0.15, -0.1) is 0 Å². The van der Waals surface area contributed by atoms with Crippen molar-refractivity contribution in [3.05, 3.63) is 93.8 Å². The Kier molecular flexibility index (Phi) is 7.34. The summed E-state index contributed by atoms with van der Waals surface area (Å²) in [5.41, 5.74) is 2.39. The topological polar surface area (TPSA) is 68.9 Å². The van der Waals surface area contributed by atoms with Crippen LogP contribution in [0.1, 0.15) is 24.1 Å². The van der Waals surface area contributed by atoms with Gasteiger partial charge in [0.1, 0.15) is 11.6 Å². The average molecular weight is 509 g/mol. The molecule has 9 heteroatoms. The average Bonchev–Trinajstić information content (AvgIpc) is 2.92. The van der Waals surface area contributed by atoms with Crippen molar-refractivity contribution in [1.29, 1.82) is 0 Å². The van der Waals surface area contributed by atoms with E-state index in [0.29, 0.717) is 51.4 Å². The summed E-state index contributed by atoms with van der Waals surface area (Å²) in [7, 11) is 0. The highest BCUT2D eigenvalue weighted by Gasteiger charge is 2.38. The minimum absolute atomic E-state index is 0.123. The number of benzene rings is 2. The van der Waals surface area contributed by atoms with Crippen LogP contribution < -0.4 is 5.56 Å². The molecule has 2 aliphatic heterocycles. The summed E-state index contributed by atoms with van der Waals surface area (Å²) in [6.45, 7) is 5.04. The number of hydrogen-bond donors (Lipinski definition) is 1. The van der Waals surface area contributed by atoms with E-state index >= 15 is 0 Å². The molecular formula is C28H30F2N4O3. The number of urea groups is 1. The van der Waals surface area contributed by atoms with Crippen molar-refractivity contribution >= 4 is 6.03 Å². The predicted molar refractivity (Wildman–Crippen MR) is 136 cm³/mol. The molecule has 0 aliphatic carbocycles. The molecule has 3 aromatic rings. The van der Waals surface area contributed by atoms with Crippen molar-refractivity contribution in [1.82, 2.24) is 19.7 Å². The number of ether oxygens (including phenoxy) is 1. The van der Waals surface area contributed by atoms with Crippen LogP contribution in [-0.4, -0.2) is 71.1 Å². The summed E-state index contributed by atoms with van der Waals surface area (Å²) in [5, 5.41) is 0. The number of morpholine rings is 1. The fraction of sp³-hybridized carbons (Fsp3) is 0.357. The number of aromatic amines is 1. The summed E-state index contributed by atoms with van der Waals surface area (Å²) in [5.74, 6) is -1.11. The van der Waals surface area contributed by atoms with Gasteiger partial charge < -0.3 is 19.5 Å². The van der Waals surface area contributed by atoms with Gasteiger partial charge in [-0.2, -0.15) is 0 Å². The molecule has 0 unspecified atom stereocenters. The second-order valence-corrected chi connectivity index (χ2v) is 9.52. The van der Waals surface area contributed by atoms with Crippen LogP contribution in [0.4, 0.5) is 13.6 Å². The lowest BCUT2D eigenvalue weighted by Crippen LogP contribution is -2.56. The molecule has 2 fully saturated rings. The van der Waals surface area contributed by atoms with Gasteiger partial charge in [-0.25, -0.2) is 13.6 Å². The van der Waals surface area contributed by atoms with Gasteiger partial charge in [-0.1, -0.05) is 36.4 Å². The molecule has 3 heterocycles. The fourth-order valence-electron chi connectivity index (χ4n) is 5.13. The van der Waals surface area contributed by atoms with Crippen molar-refractivity contribution in [3.63, 3.8) is 0 Å². The Morgan fingerprint density at radius 1 is 1.00 bits per heavy atom. The molecule has 2 amide bonds. The van der Waals surface area contributed by atoms with E-state index in [9.17, 15) is 18.4 Å². The smallest absolute Gasteiger partial charge is 0.320 e. The summed E-state index contributed by atoms with van der Waals surface area (Å²) >= 11 is 0. The van der Waals surface area contributed by atoms with Crippen LogP contribution >= 0.6 is 0 Å². The number of rotatable bonds is 4. The zero-order valence-corrected chi connectivity index (χ0v) is 20.7. The van der Waals surface area contributed by atoms with Crippen LogP contribution in [0.25, 0.3) is 11.3 Å². The molecule has 1 N–H and O–H groups in total.